The Morgan fingerprint density at radius 3 is 2.24 bits per heavy atom. The van der Waals surface area contributed by atoms with E-state index in [-0.39, 0.29) is 12.3 Å². The molecule has 1 aliphatic rings. The van der Waals surface area contributed by atoms with Gasteiger partial charge in [-0.15, -0.1) is 0 Å². The molecule has 0 saturated heterocycles. The third-order valence-electron chi connectivity index (χ3n) is 4.11. The molecule has 0 saturated carbocycles. The van der Waals surface area contributed by atoms with E-state index in [2.05, 4.69) is 10.6 Å². The Kier molecular flexibility index (Phi) is 6.33. The quantitative estimate of drug-likeness (QED) is 0.725. The van der Waals surface area contributed by atoms with Crippen molar-refractivity contribution in [1.29, 1.82) is 0 Å². The lowest BCUT2D eigenvalue weighted by Crippen LogP contribution is -2.30. The highest BCUT2D eigenvalue weighted by Gasteiger charge is 2.19. The molecule has 2 N–H and O–H groups in total. The summed E-state index contributed by atoms with van der Waals surface area (Å²) in [6, 6.07) is 11.9. The van der Waals surface area contributed by atoms with Gasteiger partial charge < -0.3 is 24.8 Å². The maximum absolute atomic E-state index is 12.3. The van der Waals surface area contributed by atoms with E-state index in [0.717, 1.165) is 0 Å². The molecule has 0 fully saturated rings. The van der Waals surface area contributed by atoms with Crippen LogP contribution in [-0.4, -0.2) is 37.1 Å². The highest BCUT2D eigenvalue weighted by atomic mass is 16.6. The van der Waals surface area contributed by atoms with Gasteiger partial charge >= 0.3 is 5.97 Å². The van der Waals surface area contributed by atoms with Gasteiger partial charge in [0.2, 0.25) is 5.91 Å². The van der Waals surface area contributed by atoms with Crippen molar-refractivity contribution in [3.63, 3.8) is 0 Å². The molecule has 8 heteroatoms. The molecule has 0 bridgehead atoms. The van der Waals surface area contributed by atoms with Crippen molar-refractivity contribution in [2.75, 3.05) is 23.8 Å². The summed E-state index contributed by atoms with van der Waals surface area (Å²) in [6.07, 6.45) is -0.950. The predicted octanol–water partition coefficient (Wildman–Crippen LogP) is 2.53. The number of fused-ring (bicyclic) bond motifs is 1. The molecule has 0 unspecified atom stereocenters. The number of carbonyl (C=O) groups is 3. The van der Waals surface area contributed by atoms with Crippen LogP contribution in [-0.2, 0) is 25.5 Å². The predicted molar refractivity (Wildman–Crippen MR) is 106 cm³/mol. The summed E-state index contributed by atoms with van der Waals surface area (Å²) in [4.78, 5) is 35.5. The Balaban J connectivity index is 1.51. The molecule has 2 aromatic carbocycles. The molecule has 2 amide bonds. The molecule has 0 aromatic heterocycles. The number of hydrogen-bond acceptors (Lipinski definition) is 6. The number of amides is 2. The molecule has 1 atom stereocenters. The third-order valence-corrected chi connectivity index (χ3v) is 4.11. The first-order valence-corrected chi connectivity index (χ1v) is 9.17. The third kappa shape index (κ3) is 5.71. The fraction of sp³-hybridized carbons (Fsp3) is 0.286. The van der Waals surface area contributed by atoms with Crippen LogP contribution in [0.1, 0.15) is 19.4 Å². The molecule has 0 aliphatic carbocycles. The molecule has 1 heterocycles. The monoisotopic (exact) mass is 398 g/mol. The molecule has 2 aromatic rings. The van der Waals surface area contributed by atoms with Crippen molar-refractivity contribution in [3.8, 4) is 11.5 Å². The second-order valence-corrected chi connectivity index (χ2v) is 6.53. The minimum absolute atomic E-state index is 0.0136. The number of carbonyl (C=O) groups excluding carboxylic acids is 3. The van der Waals surface area contributed by atoms with Crippen LogP contribution in [0.4, 0.5) is 11.4 Å². The lowest BCUT2D eigenvalue weighted by atomic mass is 10.1. The second-order valence-electron chi connectivity index (χ2n) is 6.53. The topological polar surface area (TPSA) is 103 Å². The van der Waals surface area contributed by atoms with Crippen LogP contribution >= 0.6 is 0 Å². The Labute approximate surface area is 168 Å². The Morgan fingerprint density at radius 2 is 1.59 bits per heavy atom. The van der Waals surface area contributed by atoms with E-state index in [1.807, 2.05) is 0 Å². The van der Waals surface area contributed by atoms with Crippen LogP contribution in [0.3, 0.4) is 0 Å². The number of nitrogens with one attached hydrogen (secondary N) is 2. The van der Waals surface area contributed by atoms with Crippen molar-refractivity contribution in [2.45, 2.75) is 26.4 Å². The second kappa shape index (κ2) is 9.09. The van der Waals surface area contributed by atoms with Crippen LogP contribution in [0.5, 0.6) is 11.5 Å². The van der Waals surface area contributed by atoms with Crippen molar-refractivity contribution in [1.82, 2.24) is 0 Å². The SMILES string of the molecule is CC(=O)Nc1ccc(NC(=O)[C@@H](C)OC(=O)Cc2ccc3c(c2)OCCO3)cc1. The first kappa shape index (κ1) is 20.2. The molecule has 8 nitrogen and oxygen atoms in total. The van der Waals surface area contributed by atoms with Gasteiger partial charge in [-0.2, -0.15) is 0 Å². The van der Waals surface area contributed by atoms with Crippen LogP contribution in [0, 0.1) is 0 Å². The lowest BCUT2D eigenvalue weighted by molar-refractivity contribution is -0.152. The van der Waals surface area contributed by atoms with Crippen LogP contribution < -0.4 is 20.1 Å². The minimum Gasteiger partial charge on any atom is -0.486 e. The number of ether oxygens (including phenoxy) is 3. The van der Waals surface area contributed by atoms with E-state index < -0.39 is 18.0 Å². The zero-order valence-corrected chi connectivity index (χ0v) is 16.2. The van der Waals surface area contributed by atoms with E-state index in [1.54, 1.807) is 42.5 Å². The Bertz CT molecular complexity index is 910. The number of esters is 1. The molecule has 1 aliphatic heterocycles. The number of anilines is 2. The highest BCUT2D eigenvalue weighted by Crippen LogP contribution is 2.30. The number of benzene rings is 2. The molecule has 0 spiro atoms. The van der Waals surface area contributed by atoms with E-state index in [0.29, 0.717) is 41.7 Å². The summed E-state index contributed by atoms with van der Waals surface area (Å²) >= 11 is 0. The summed E-state index contributed by atoms with van der Waals surface area (Å²) in [5.41, 5.74) is 1.86. The average molecular weight is 398 g/mol. The van der Waals surface area contributed by atoms with Gasteiger partial charge in [0.1, 0.15) is 13.2 Å². The minimum atomic E-state index is -0.963. The zero-order chi connectivity index (χ0) is 20.8. The smallest absolute Gasteiger partial charge is 0.311 e. The van der Waals surface area contributed by atoms with E-state index in [4.69, 9.17) is 14.2 Å². The largest absolute Gasteiger partial charge is 0.486 e. The van der Waals surface area contributed by atoms with E-state index in [1.165, 1.54) is 13.8 Å². The van der Waals surface area contributed by atoms with Gasteiger partial charge in [-0.1, -0.05) is 6.07 Å². The van der Waals surface area contributed by atoms with E-state index in [9.17, 15) is 14.4 Å². The van der Waals surface area contributed by atoms with Crippen molar-refractivity contribution < 1.29 is 28.6 Å². The van der Waals surface area contributed by atoms with Gasteiger partial charge in [0.05, 0.1) is 6.42 Å². The van der Waals surface area contributed by atoms with Crippen LogP contribution in [0.2, 0.25) is 0 Å². The van der Waals surface area contributed by atoms with Crippen LogP contribution in [0.25, 0.3) is 0 Å². The molecular weight excluding hydrogens is 376 g/mol. The molecular formula is C21H22N2O6. The van der Waals surface area contributed by atoms with Gasteiger partial charge in [0, 0.05) is 18.3 Å². The summed E-state index contributed by atoms with van der Waals surface area (Å²) in [5.74, 6) is 0.0826. The van der Waals surface area contributed by atoms with Gasteiger partial charge in [-0.25, -0.2) is 0 Å². The van der Waals surface area contributed by atoms with Crippen molar-refractivity contribution in [3.05, 3.63) is 48.0 Å². The first-order valence-electron chi connectivity index (χ1n) is 9.17. The first-order chi connectivity index (χ1) is 13.9. The maximum Gasteiger partial charge on any atom is 0.311 e. The summed E-state index contributed by atoms with van der Waals surface area (Å²) in [6.45, 7) is 3.88. The lowest BCUT2D eigenvalue weighted by Gasteiger charge is -2.19. The highest BCUT2D eigenvalue weighted by molar-refractivity contribution is 5.95. The van der Waals surface area contributed by atoms with Gasteiger partial charge in [0.25, 0.3) is 5.91 Å². The molecule has 152 valence electrons. The van der Waals surface area contributed by atoms with Gasteiger partial charge in [-0.3, -0.25) is 14.4 Å². The van der Waals surface area contributed by atoms with Gasteiger partial charge in [-0.05, 0) is 48.9 Å². The van der Waals surface area contributed by atoms with E-state index >= 15 is 0 Å². The van der Waals surface area contributed by atoms with Crippen molar-refractivity contribution in [2.24, 2.45) is 0 Å². The number of rotatable bonds is 6. The Hall–Kier alpha value is -3.55. The molecule has 0 radical (unpaired) electrons. The summed E-state index contributed by atoms with van der Waals surface area (Å²) in [5, 5.41) is 5.31. The maximum atomic E-state index is 12.3. The fourth-order valence-electron chi connectivity index (χ4n) is 2.74. The fourth-order valence-corrected chi connectivity index (χ4v) is 2.74. The standard InChI is InChI=1S/C21H22N2O6/c1-13(21(26)23-17-6-4-16(5-7-17)22-14(2)24)29-20(25)12-15-3-8-18-19(11-15)28-10-9-27-18/h3-8,11,13H,9-10,12H2,1-2H3,(H,22,24)(H,23,26)/t13-/m1/s1. The molecule has 29 heavy (non-hydrogen) atoms. The zero-order valence-electron chi connectivity index (χ0n) is 16.2. The van der Waals surface area contributed by atoms with Crippen LogP contribution in [0.15, 0.2) is 42.5 Å². The molecule has 3 rings (SSSR count). The van der Waals surface area contributed by atoms with Crippen molar-refractivity contribution >= 4 is 29.2 Å². The average Bonchev–Trinajstić information content (AvgIpc) is 2.68. The Morgan fingerprint density at radius 1 is 0.966 bits per heavy atom. The number of hydrogen-bond donors (Lipinski definition) is 2. The van der Waals surface area contributed by atoms with Gasteiger partial charge in [0.15, 0.2) is 17.6 Å². The summed E-state index contributed by atoms with van der Waals surface area (Å²) < 4.78 is 16.2. The normalized spacial score (nSPS) is 13.2. The summed E-state index contributed by atoms with van der Waals surface area (Å²) in [7, 11) is 0.